The van der Waals surface area contributed by atoms with Crippen molar-refractivity contribution < 1.29 is 19.1 Å². The highest BCUT2D eigenvalue weighted by atomic mass is 35.5. The Hall–Kier alpha value is -2.31. The van der Waals surface area contributed by atoms with E-state index in [1.807, 2.05) is 18.5 Å². The van der Waals surface area contributed by atoms with Crippen LogP contribution in [0.5, 0.6) is 0 Å². The van der Waals surface area contributed by atoms with Crippen LogP contribution in [0.1, 0.15) is 41.4 Å². The number of amides is 1. The van der Waals surface area contributed by atoms with E-state index in [0.29, 0.717) is 42.6 Å². The number of carbonyl (C=O) groups excluding carboxylic acids is 1. The molecule has 1 aliphatic rings. The number of aromatic nitrogens is 2. The number of nitrogens with one attached hydrogen (secondary N) is 1. The Bertz CT molecular complexity index is 1250. The first-order valence-corrected chi connectivity index (χ1v) is 13.7. The largest absolute Gasteiger partial charge is 0.481 e. The third-order valence-corrected chi connectivity index (χ3v) is 8.21. The maximum Gasteiger partial charge on any atom is 0.306 e. The first-order chi connectivity index (χ1) is 17.2. The number of thiazole rings is 1. The van der Waals surface area contributed by atoms with Gasteiger partial charge >= 0.3 is 5.97 Å². The third kappa shape index (κ3) is 7.17. The van der Waals surface area contributed by atoms with Gasteiger partial charge in [0.2, 0.25) is 0 Å². The predicted molar refractivity (Wildman–Crippen MR) is 149 cm³/mol. The molecule has 0 radical (unpaired) electrons. The summed E-state index contributed by atoms with van der Waals surface area (Å²) in [7, 11) is 2.03. The van der Waals surface area contributed by atoms with Crippen molar-refractivity contribution in [3.63, 3.8) is 0 Å². The summed E-state index contributed by atoms with van der Waals surface area (Å²) in [5.74, 6) is -2.25. The number of anilines is 2. The molecular formula is C24H28Cl2FN5O3S2. The molecule has 1 fully saturated rings. The summed E-state index contributed by atoms with van der Waals surface area (Å²) >= 11 is 9.00. The summed E-state index contributed by atoms with van der Waals surface area (Å²) in [6, 6.07) is 3.01. The van der Waals surface area contributed by atoms with Crippen LogP contribution in [0.4, 0.5) is 15.3 Å². The lowest BCUT2D eigenvalue weighted by atomic mass is 9.97. The summed E-state index contributed by atoms with van der Waals surface area (Å²) in [5.41, 5.74) is 0.858. The van der Waals surface area contributed by atoms with Crippen LogP contribution in [0.15, 0.2) is 23.7 Å². The molecule has 8 nitrogen and oxygen atoms in total. The van der Waals surface area contributed by atoms with Gasteiger partial charge in [-0.2, -0.15) is 0 Å². The molecule has 0 spiro atoms. The summed E-state index contributed by atoms with van der Waals surface area (Å²) in [4.78, 5) is 38.7. The van der Waals surface area contributed by atoms with Crippen molar-refractivity contribution in [3.05, 3.63) is 45.0 Å². The number of rotatable bonds is 9. The lowest BCUT2D eigenvalue weighted by molar-refractivity contribution is -0.142. The van der Waals surface area contributed by atoms with Gasteiger partial charge in [0, 0.05) is 36.1 Å². The quantitative estimate of drug-likeness (QED) is 0.322. The van der Waals surface area contributed by atoms with E-state index in [2.05, 4.69) is 27.1 Å². The van der Waals surface area contributed by atoms with E-state index in [0.717, 1.165) is 34.5 Å². The van der Waals surface area contributed by atoms with Gasteiger partial charge in [0.15, 0.2) is 16.8 Å². The number of nitrogens with zero attached hydrogens (tertiary/aromatic N) is 4. The minimum Gasteiger partial charge on any atom is -0.481 e. The van der Waals surface area contributed by atoms with E-state index in [-0.39, 0.29) is 23.8 Å². The minimum atomic E-state index is -0.831. The second-order valence-electron chi connectivity index (χ2n) is 8.74. The fourth-order valence-electron chi connectivity index (χ4n) is 4.14. The Morgan fingerprint density at radius 2 is 2.05 bits per heavy atom. The number of hydrogen-bond acceptors (Lipinski definition) is 8. The minimum absolute atomic E-state index is 0. The SMILES string of the molecule is CCCN(C)Cc1sc(NC(=O)c2cnc(N3CCC(C(=O)O)CC3)c(F)c2)nc1-c1cc(Cl)cs1.Cl. The van der Waals surface area contributed by atoms with Gasteiger partial charge in [-0.05, 0) is 45.0 Å². The molecular weight excluding hydrogens is 560 g/mol. The zero-order chi connectivity index (χ0) is 25.8. The molecule has 0 aliphatic carbocycles. The zero-order valence-electron chi connectivity index (χ0n) is 20.4. The number of carboxylic acids is 1. The Morgan fingerprint density at radius 3 is 2.65 bits per heavy atom. The standard InChI is InChI=1S/C24H27ClFN5O3S2.ClH/c1-3-6-30(2)12-19-20(18-10-16(25)13-35-18)28-24(36-19)29-22(32)15-9-17(26)21(27-11-15)31-7-4-14(5-8-31)23(33)34;/h9-11,13-14H,3-8,12H2,1-2H3,(H,33,34)(H,28,29,32);1H. The maximum absolute atomic E-state index is 14.9. The van der Waals surface area contributed by atoms with Gasteiger partial charge in [0.05, 0.1) is 27.1 Å². The summed E-state index contributed by atoms with van der Waals surface area (Å²) in [6.45, 7) is 4.52. The molecule has 0 aromatic carbocycles. The molecule has 2 N–H and O–H groups in total. The number of carbonyl (C=O) groups is 2. The number of halogens is 3. The van der Waals surface area contributed by atoms with E-state index in [1.165, 1.54) is 28.9 Å². The Balaban J connectivity index is 0.00000380. The second-order valence-corrected chi connectivity index (χ2v) is 11.2. The average molecular weight is 589 g/mol. The van der Waals surface area contributed by atoms with Crippen LogP contribution >= 0.6 is 46.7 Å². The van der Waals surface area contributed by atoms with Crippen LogP contribution in [0.2, 0.25) is 5.02 Å². The molecule has 1 saturated heterocycles. The number of hydrogen-bond donors (Lipinski definition) is 2. The van der Waals surface area contributed by atoms with E-state index in [4.69, 9.17) is 16.7 Å². The number of pyridine rings is 1. The van der Waals surface area contributed by atoms with E-state index in [9.17, 15) is 14.0 Å². The van der Waals surface area contributed by atoms with Gasteiger partial charge in [-0.15, -0.1) is 23.7 Å². The van der Waals surface area contributed by atoms with Crippen LogP contribution in [-0.4, -0.2) is 58.5 Å². The van der Waals surface area contributed by atoms with Gasteiger partial charge in [0.25, 0.3) is 5.91 Å². The van der Waals surface area contributed by atoms with Crippen LogP contribution in [0.3, 0.4) is 0 Å². The van der Waals surface area contributed by atoms with Crippen molar-refractivity contribution in [1.82, 2.24) is 14.9 Å². The zero-order valence-corrected chi connectivity index (χ0v) is 23.6. The maximum atomic E-state index is 14.9. The summed E-state index contributed by atoms with van der Waals surface area (Å²) in [5, 5.41) is 14.8. The first kappa shape index (κ1) is 29.2. The fraction of sp³-hybridized carbons (Fsp3) is 0.417. The molecule has 200 valence electrons. The smallest absolute Gasteiger partial charge is 0.306 e. The van der Waals surface area contributed by atoms with Crippen LogP contribution in [0, 0.1) is 11.7 Å². The van der Waals surface area contributed by atoms with Gasteiger partial charge < -0.3 is 14.9 Å². The molecule has 1 amide bonds. The van der Waals surface area contributed by atoms with Crippen LogP contribution < -0.4 is 10.2 Å². The van der Waals surface area contributed by atoms with Crippen molar-refractivity contribution in [1.29, 1.82) is 0 Å². The van der Waals surface area contributed by atoms with Crippen molar-refractivity contribution in [2.24, 2.45) is 5.92 Å². The van der Waals surface area contributed by atoms with Crippen molar-refractivity contribution in [3.8, 4) is 10.6 Å². The normalized spacial score (nSPS) is 14.0. The highest BCUT2D eigenvalue weighted by molar-refractivity contribution is 7.17. The molecule has 0 saturated carbocycles. The Labute approximate surface area is 233 Å². The highest BCUT2D eigenvalue weighted by Crippen LogP contribution is 2.37. The summed E-state index contributed by atoms with van der Waals surface area (Å²) < 4.78 is 14.9. The third-order valence-electron chi connectivity index (χ3n) is 5.97. The second kappa shape index (κ2) is 13.0. The Kier molecular flexibility index (Phi) is 10.3. The summed E-state index contributed by atoms with van der Waals surface area (Å²) in [6.07, 6.45) is 3.21. The van der Waals surface area contributed by atoms with Crippen molar-refractivity contribution >= 4 is 69.5 Å². The van der Waals surface area contributed by atoms with Crippen molar-refractivity contribution in [2.75, 3.05) is 36.9 Å². The molecule has 4 heterocycles. The monoisotopic (exact) mass is 587 g/mol. The average Bonchev–Trinajstić information content (AvgIpc) is 3.44. The molecule has 13 heteroatoms. The molecule has 1 aliphatic heterocycles. The molecule has 3 aromatic heterocycles. The molecule has 0 bridgehead atoms. The first-order valence-electron chi connectivity index (χ1n) is 11.6. The number of carboxylic acid groups (broad SMARTS) is 1. The molecule has 37 heavy (non-hydrogen) atoms. The van der Waals surface area contributed by atoms with Gasteiger partial charge in [-0.3, -0.25) is 14.9 Å². The highest BCUT2D eigenvalue weighted by Gasteiger charge is 2.27. The molecule has 0 unspecified atom stereocenters. The van der Waals surface area contributed by atoms with E-state index >= 15 is 0 Å². The van der Waals surface area contributed by atoms with Gasteiger partial charge in [-0.1, -0.05) is 29.9 Å². The van der Waals surface area contributed by atoms with Gasteiger partial charge in [0.1, 0.15) is 0 Å². The number of piperidine rings is 1. The fourth-order valence-corrected chi connectivity index (χ4v) is 6.35. The van der Waals surface area contributed by atoms with Crippen molar-refractivity contribution in [2.45, 2.75) is 32.7 Å². The topological polar surface area (TPSA) is 98.7 Å². The molecule has 3 aromatic rings. The molecule has 0 atom stereocenters. The van der Waals surface area contributed by atoms with E-state index in [1.54, 1.807) is 4.90 Å². The van der Waals surface area contributed by atoms with Gasteiger partial charge in [-0.25, -0.2) is 14.4 Å². The van der Waals surface area contributed by atoms with Crippen LogP contribution in [-0.2, 0) is 11.3 Å². The Morgan fingerprint density at radius 1 is 1.32 bits per heavy atom. The number of thiophene rings is 1. The number of aliphatic carboxylic acids is 1. The predicted octanol–water partition coefficient (Wildman–Crippen LogP) is 5.88. The molecule has 4 rings (SSSR count). The lowest BCUT2D eigenvalue weighted by Crippen LogP contribution is -2.37. The van der Waals surface area contributed by atoms with E-state index < -0.39 is 23.6 Å². The van der Waals surface area contributed by atoms with Crippen LogP contribution in [0.25, 0.3) is 10.6 Å². The lowest BCUT2D eigenvalue weighted by Gasteiger charge is -2.31.